The average Bonchev–Trinajstić information content (AvgIpc) is 3.15. The van der Waals surface area contributed by atoms with E-state index < -0.39 is 11.9 Å². The van der Waals surface area contributed by atoms with Gasteiger partial charge in [-0.2, -0.15) is 5.10 Å². The van der Waals surface area contributed by atoms with Crippen molar-refractivity contribution in [2.24, 2.45) is 0 Å². The zero-order valence-electron chi connectivity index (χ0n) is 15.5. The molecule has 1 aliphatic heterocycles. The molecule has 4 rings (SSSR count). The molecule has 3 aromatic rings. The molecule has 1 aliphatic rings. The van der Waals surface area contributed by atoms with Crippen LogP contribution in [0.4, 0.5) is 11.5 Å². The summed E-state index contributed by atoms with van der Waals surface area (Å²) in [6, 6.07) is 10.7. The van der Waals surface area contributed by atoms with E-state index in [4.69, 9.17) is 11.6 Å². The van der Waals surface area contributed by atoms with Crippen molar-refractivity contribution in [2.75, 3.05) is 23.8 Å². The SMILES string of the molecule is CN1C(=O)C(NC(=O)c2cc(Cc3ccccc3)[nH]n2)CNc2ncnc(Cl)c21. The van der Waals surface area contributed by atoms with Crippen LogP contribution in [0.3, 0.4) is 0 Å². The molecular weight excluding hydrogens is 394 g/mol. The van der Waals surface area contributed by atoms with E-state index in [0.29, 0.717) is 17.9 Å². The van der Waals surface area contributed by atoms with Crippen molar-refractivity contribution in [3.05, 3.63) is 64.8 Å². The second-order valence-electron chi connectivity index (χ2n) is 6.61. The zero-order valence-corrected chi connectivity index (χ0v) is 16.3. The van der Waals surface area contributed by atoms with Crippen LogP contribution >= 0.6 is 11.6 Å². The van der Waals surface area contributed by atoms with Gasteiger partial charge in [-0.1, -0.05) is 41.9 Å². The molecule has 0 saturated heterocycles. The van der Waals surface area contributed by atoms with Crippen LogP contribution in [0.5, 0.6) is 0 Å². The molecule has 9 nitrogen and oxygen atoms in total. The number of fused-ring (bicyclic) bond motifs is 1. The standard InChI is InChI=1S/C19H18ClN7O2/c1-27-15-16(20)22-10-23-17(15)21-9-14(19(27)29)24-18(28)13-8-12(25-26-13)7-11-5-3-2-4-6-11/h2-6,8,10,14H,7,9H2,1H3,(H,24,28)(H,25,26)(H,21,22,23). The Labute approximate surface area is 171 Å². The number of hydrogen-bond acceptors (Lipinski definition) is 6. The molecule has 2 amide bonds. The molecule has 0 radical (unpaired) electrons. The fourth-order valence-electron chi connectivity index (χ4n) is 3.14. The van der Waals surface area contributed by atoms with Crippen molar-refractivity contribution in [3.8, 4) is 0 Å². The van der Waals surface area contributed by atoms with Crippen LogP contribution < -0.4 is 15.5 Å². The third-order valence-electron chi connectivity index (χ3n) is 4.62. The van der Waals surface area contributed by atoms with E-state index in [2.05, 4.69) is 30.8 Å². The van der Waals surface area contributed by atoms with E-state index in [9.17, 15) is 9.59 Å². The highest BCUT2D eigenvalue weighted by Crippen LogP contribution is 2.31. The third-order valence-corrected chi connectivity index (χ3v) is 4.90. The first-order chi connectivity index (χ1) is 14.0. The van der Waals surface area contributed by atoms with Gasteiger partial charge in [0, 0.05) is 25.7 Å². The summed E-state index contributed by atoms with van der Waals surface area (Å²) in [5.74, 6) is -0.346. The minimum atomic E-state index is -0.813. The fourth-order valence-corrected chi connectivity index (χ4v) is 3.40. The van der Waals surface area contributed by atoms with E-state index in [0.717, 1.165) is 11.3 Å². The lowest BCUT2D eigenvalue weighted by Gasteiger charge is -2.20. The highest BCUT2D eigenvalue weighted by molar-refractivity contribution is 6.33. The number of hydrogen-bond donors (Lipinski definition) is 3. The highest BCUT2D eigenvalue weighted by atomic mass is 35.5. The summed E-state index contributed by atoms with van der Waals surface area (Å²) in [5.41, 5.74) is 2.49. The number of nitrogens with zero attached hydrogens (tertiary/aromatic N) is 4. The lowest BCUT2D eigenvalue weighted by atomic mass is 10.1. The third kappa shape index (κ3) is 3.90. The van der Waals surface area contributed by atoms with Gasteiger partial charge < -0.3 is 15.5 Å². The topological polar surface area (TPSA) is 116 Å². The van der Waals surface area contributed by atoms with Crippen LogP contribution in [-0.4, -0.2) is 51.6 Å². The molecule has 1 aromatic carbocycles. The van der Waals surface area contributed by atoms with Gasteiger partial charge in [-0.25, -0.2) is 9.97 Å². The summed E-state index contributed by atoms with van der Waals surface area (Å²) in [4.78, 5) is 34.8. The maximum absolute atomic E-state index is 12.8. The molecule has 3 heterocycles. The van der Waals surface area contributed by atoms with Crippen molar-refractivity contribution in [1.29, 1.82) is 0 Å². The van der Waals surface area contributed by atoms with Gasteiger partial charge in [0.15, 0.2) is 11.0 Å². The fraction of sp³-hybridized carbons (Fsp3) is 0.211. The number of aromatic amines is 1. The van der Waals surface area contributed by atoms with Crippen LogP contribution in [-0.2, 0) is 11.2 Å². The van der Waals surface area contributed by atoms with Gasteiger partial charge in [0.1, 0.15) is 23.8 Å². The summed E-state index contributed by atoms with van der Waals surface area (Å²) in [6.45, 7) is 0.163. The van der Waals surface area contributed by atoms with E-state index >= 15 is 0 Å². The number of rotatable bonds is 4. The summed E-state index contributed by atoms with van der Waals surface area (Å²) in [7, 11) is 1.56. The maximum atomic E-state index is 12.8. The summed E-state index contributed by atoms with van der Waals surface area (Å²) >= 11 is 6.11. The molecule has 1 atom stereocenters. The first-order valence-electron chi connectivity index (χ1n) is 8.94. The number of carbonyl (C=O) groups excluding carboxylic acids is 2. The summed E-state index contributed by atoms with van der Waals surface area (Å²) < 4.78 is 0. The number of carbonyl (C=O) groups is 2. The number of likely N-dealkylation sites (N-methyl/N-ethyl adjacent to an activating group) is 1. The average molecular weight is 412 g/mol. The minimum absolute atomic E-state index is 0.156. The van der Waals surface area contributed by atoms with E-state index in [1.807, 2.05) is 30.3 Å². The summed E-state index contributed by atoms with van der Waals surface area (Å²) in [6.07, 6.45) is 1.93. The molecule has 29 heavy (non-hydrogen) atoms. The molecule has 3 N–H and O–H groups in total. The van der Waals surface area contributed by atoms with Crippen LogP contribution in [0.15, 0.2) is 42.7 Å². The predicted octanol–water partition coefficient (Wildman–Crippen LogP) is 1.63. The molecule has 0 aliphatic carbocycles. The Morgan fingerprint density at radius 3 is 2.90 bits per heavy atom. The summed E-state index contributed by atoms with van der Waals surface area (Å²) in [5, 5.41) is 12.8. The van der Waals surface area contributed by atoms with Crippen molar-refractivity contribution < 1.29 is 9.59 Å². The van der Waals surface area contributed by atoms with Crippen LogP contribution in [0.2, 0.25) is 5.15 Å². The molecule has 0 bridgehead atoms. The van der Waals surface area contributed by atoms with Crippen LogP contribution in [0.25, 0.3) is 0 Å². The van der Waals surface area contributed by atoms with Gasteiger partial charge in [0.25, 0.3) is 11.8 Å². The Kier molecular flexibility index (Phi) is 5.13. The first kappa shape index (κ1) is 18.9. The number of amides is 2. The van der Waals surface area contributed by atoms with E-state index in [-0.39, 0.29) is 23.3 Å². The minimum Gasteiger partial charge on any atom is -0.366 e. The highest BCUT2D eigenvalue weighted by Gasteiger charge is 2.32. The molecule has 1 unspecified atom stereocenters. The molecule has 2 aromatic heterocycles. The Morgan fingerprint density at radius 1 is 1.31 bits per heavy atom. The first-order valence-corrected chi connectivity index (χ1v) is 9.31. The van der Waals surface area contributed by atoms with Crippen molar-refractivity contribution in [1.82, 2.24) is 25.5 Å². The van der Waals surface area contributed by atoms with Gasteiger partial charge >= 0.3 is 0 Å². The normalized spacial score (nSPS) is 16.0. The van der Waals surface area contributed by atoms with Crippen molar-refractivity contribution in [3.63, 3.8) is 0 Å². The van der Waals surface area contributed by atoms with Crippen molar-refractivity contribution >= 4 is 34.9 Å². The Balaban J connectivity index is 1.46. The molecule has 0 saturated carbocycles. The number of H-pyrrole nitrogens is 1. The zero-order chi connectivity index (χ0) is 20.4. The second kappa shape index (κ2) is 7.88. The second-order valence-corrected chi connectivity index (χ2v) is 6.96. The number of nitrogens with one attached hydrogen (secondary N) is 3. The van der Waals surface area contributed by atoms with Crippen LogP contribution in [0, 0.1) is 0 Å². The monoisotopic (exact) mass is 411 g/mol. The van der Waals surface area contributed by atoms with Gasteiger partial charge in [-0.3, -0.25) is 14.7 Å². The lowest BCUT2D eigenvalue weighted by Crippen LogP contribution is -2.49. The molecular formula is C19H18ClN7O2. The Hall–Kier alpha value is -3.46. The maximum Gasteiger partial charge on any atom is 0.272 e. The van der Waals surface area contributed by atoms with Gasteiger partial charge in [-0.05, 0) is 11.6 Å². The van der Waals surface area contributed by atoms with Gasteiger partial charge in [0.05, 0.1) is 0 Å². The Bertz CT molecular complexity index is 1050. The number of anilines is 2. The molecule has 148 valence electrons. The van der Waals surface area contributed by atoms with Gasteiger partial charge in [-0.15, -0.1) is 0 Å². The number of aromatic nitrogens is 4. The van der Waals surface area contributed by atoms with E-state index in [1.54, 1.807) is 13.1 Å². The van der Waals surface area contributed by atoms with Crippen LogP contribution in [0.1, 0.15) is 21.7 Å². The van der Waals surface area contributed by atoms with Crippen molar-refractivity contribution in [2.45, 2.75) is 12.5 Å². The number of halogens is 1. The number of benzene rings is 1. The Morgan fingerprint density at radius 2 is 2.10 bits per heavy atom. The molecule has 0 fully saturated rings. The predicted molar refractivity (Wildman–Crippen MR) is 108 cm³/mol. The smallest absolute Gasteiger partial charge is 0.272 e. The lowest BCUT2D eigenvalue weighted by molar-refractivity contribution is -0.119. The molecule has 10 heteroatoms. The van der Waals surface area contributed by atoms with Gasteiger partial charge in [0.2, 0.25) is 0 Å². The molecule has 0 spiro atoms. The quantitative estimate of drug-likeness (QED) is 0.562. The largest absolute Gasteiger partial charge is 0.366 e. The van der Waals surface area contributed by atoms with E-state index in [1.165, 1.54) is 11.2 Å².